The van der Waals surface area contributed by atoms with Crippen LogP contribution in [0.25, 0.3) is 0 Å². The van der Waals surface area contributed by atoms with Crippen LogP contribution in [0.4, 0.5) is 5.69 Å². The van der Waals surface area contributed by atoms with Crippen LogP contribution in [0.5, 0.6) is 0 Å². The lowest BCUT2D eigenvalue weighted by Gasteiger charge is -2.34. The van der Waals surface area contributed by atoms with Crippen LogP contribution in [0, 0.1) is 5.92 Å². The summed E-state index contributed by atoms with van der Waals surface area (Å²) in [6.07, 6.45) is 7.85. The van der Waals surface area contributed by atoms with E-state index >= 15 is 0 Å². The van der Waals surface area contributed by atoms with E-state index in [-0.39, 0.29) is 23.8 Å². The molecule has 3 aliphatic rings. The molecule has 3 aliphatic heterocycles. The summed E-state index contributed by atoms with van der Waals surface area (Å²) in [6, 6.07) is 5.18. The molecule has 1 aromatic carbocycles. The predicted molar refractivity (Wildman–Crippen MR) is 121 cm³/mol. The smallest absolute Gasteiger partial charge is 0.253 e. The summed E-state index contributed by atoms with van der Waals surface area (Å²) in [5.74, 6) is 0.252. The van der Waals surface area contributed by atoms with Crippen LogP contribution in [0.2, 0.25) is 0 Å². The minimum atomic E-state index is -3.34. The molecule has 4 rings (SSSR count). The number of anilines is 1. The monoisotopic (exact) mass is 447 g/mol. The molecule has 31 heavy (non-hydrogen) atoms. The third-order valence-corrected chi connectivity index (χ3v) is 8.16. The summed E-state index contributed by atoms with van der Waals surface area (Å²) >= 11 is 0. The van der Waals surface area contributed by atoms with Crippen molar-refractivity contribution in [3.63, 3.8) is 0 Å². The zero-order valence-corrected chi connectivity index (χ0v) is 19.4. The molecule has 0 aromatic heterocycles. The number of piperidine rings is 1. The number of carbonyl (C=O) groups excluding carboxylic acids is 2. The Hall–Kier alpha value is -2.09. The fourth-order valence-corrected chi connectivity index (χ4v) is 6.57. The van der Waals surface area contributed by atoms with Crippen molar-refractivity contribution < 1.29 is 18.0 Å². The van der Waals surface area contributed by atoms with Gasteiger partial charge in [0.05, 0.1) is 11.9 Å². The molecule has 1 aromatic rings. The van der Waals surface area contributed by atoms with Gasteiger partial charge in [0.2, 0.25) is 15.9 Å². The normalized spacial score (nSPS) is 22.9. The van der Waals surface area contributed by atoms with Gasteiger partial charge in [0, 0.05) is 43.7 Å². The predicted octanol–water partition coefficient (Wildman–Crippen LogP) is 2.65. The fraction of sp³-hybridized carbons (Fsp3) is 0.652. The minimum Gasteiger partial charge on any atom is -0.342 e. The van der Waals surface area contributed by atoms with Gasteiger partial charge in [-0.2, -0.15) is 0 Å². The topological polar surface area (TPSA) is 78.0 Å². The standard InChI is InChI=1S/C23H33N3O4S/c1-17-15-20-16-19(7-8-21(20)26(17)31(2,29)30)23(28)25-13-9-18(10-14-25)22(27)24-11-5-3-4-6-12-24/h7-8,16-18H,3-6,9-15H2,1-2H3/t17-/m1/s1. The first kappa shape index (κ1) is 22.1. The van der Waals surface area contributed by atoms with Gasteiger partial charge in [-0.25, -0.2) is 8.42 Å². The Morgan fingerprint density at radius 3 is 2.19 bits per heavy atom. The summed E-state index contributed by atoms with van der Waals surface area (Å²) in [5, 5.41) is 0. The van der Waals surface area contributed by atoms with Gasteiger partial charge in [-0.3, -0.25) is 13.9 Å². The van der Waals surface area contributed by atoms with Crippen LogP contribution in [0.3, 0.4) is 0 Å². The maximum Gasteiger partial charge on any atom is 0.253 e. The largest absolute Gasteiger partial charge is 0.342 e. The Balaban J connectivity index is 1.39. The average molecular weight is 448 g/mol. The van der Waals surface area contributed by atoms with E-state index in [4.69, 9.17) is 0 Å². The third kappa shape index (κ3) is 4.59. The molecule has 170 valence electrons. The van der Waals surface area contributed by atoms with Gasteiger partial charge < -0.3 is 9.80 Å². The van der Waals surface area contributed by atoms with Crippen molar-refractivity contribution in [2.75, 3.05) is 36.7 Å². The highest BCUT2D eigenvalue weighted by atomic mass is 32.2. The fourth-order valence-electron chi connectivity index (χ4n) is 5.30. The molecule has 0 spiro atoms. The van der Waals surface area contributed by atoms with Crippen LogP contribution in [-0.4, -0.2) is 68.5 Å². The molecule has 3 heterocycles. The molecule has 7 nitrogen and oxygen atoms in total. The van der Waals surface area contributed by atoms with Crippen LogP contribution in [-0.2, 0) is 21.2 Å². The molecule has 0 N–H and O–H groups in total. The number of benzene rings is 1. The molecule has 2 saturated heterocycles. The van der Waals surface area contributed by atoms with Crippen molar-refractivity contribution in [2.45, 2.75) is 57.9 Å². The first-order valence-electron chi connectivity index (χ1n) is 11.5. The van der Waals surface area contributed by atoms with Crippen LogP contribution in [0.1, 0.15) is 61.4 Å². The maximum atomic E-state index is 13.1. The average Bonchev–Trinajstić information content (AvgIpc) is 2.90. The molecular weight excluding hydrogens is 414 g/mol. The number of fused-ring (bicyclic) bond motifs is 1. The van der Waals surface area contributed by atoms with E-state index in [0.717, 1.165) is 31.5 Å². The lowest BCUT2D eigenvalue weighted by atomic mass is 9.94. The Morgan fingerprint density at radius 2 is 1.58 bits per heavy atom. The highest BCUT2D eigenvalue weighted by Crippen LogP contribution is 2.35. The highest BCUT2D eigenvalue weighted by Gasteiger charge is 2.34. The van der Waals surface area contributed by atoms with Crippen LogP contribution < -0.4 is 4.31 Å². The summed E-state index contributed by atoms with van der Waals surface area (Å²) < 4.78 is 25.7. The Morgan fingerprint density at radius 1 is 0.935 bits per heavy atom. The van der Waals surface area contributed by atoms with E-state index in [1.807, 2.05) is 22.8 Å². The molecule has 2 amide bonds. The van der Waals surface area contributed by atoms with Crippen molar-refractivity contribution in [2.24, 2.45) is 5.92 Å². The number of sulfonamides is 1. The van der Waals surface area contributed by atoms with Crippen LogP contribution in [0.15, 0.2) is 18.2 Å². The number of amides is 2. The Labute approximate surface area is 185 Å². The van der Waals surface area contributed by atoms with Gasteiger partial charge >= 0.3 is 0 Å². The Bertz CT molecular complexity index is 946. The van der Waals surface area contributed by atoms with E-state index < -0.39 is 10.0 Å². The van der Waals surface area contributed by atoms with Gasteiger partial charge in [0.15, 0.2) is 0 Å². The van der Waals surface area contributed by atoms with E-state index in [1.165, 1.54) is 23.4 Å². The summed E-state index contributed by atoms with van der Waals surface area (Å²) in [6.45, 7) is 4.80. The molecule has 0 unspecified atom stereocenters. The maximum absolute atomic E-state index is 13.1. The van der Waals surface area contributed by atoms with Gasteiger partial charge in [-0.15, -0.1) is 0 Å². The lowest BCUT2D eigenvalue weighted by molar-refractivity contribution is -0.136. The molecule has 1 atom stereocenters. The summed E-state index contributed by atoms with van der Waals surface area (Å²) in [7, 11) is -3.34. The van der Waals surface area contributed by atoms with Gasteiger partial charge in [0.1, 0.15) is 0 Å². The molecule has 0 bridgehead atoms. The molecule has 2 fully saturated rings. The van der Waals surface area contributed by atoms with Crippen molar-refractivity contribution in [3.8, 4) is 0 Å². The summed E-state index contributed by atoms with van der Waals surface area (Å²) in [5.41, 5.74) is 2.17. The SMILES string of the molecule is C[C@@H]1Cc2cc(C(=O)N3CCC(C(=O)N4CCCCCC4)CC3)ccc2N1S(C)(=O)=O. The van der Waals surface area contributed by atoms with Crippen molar-refractivity contribution >= 4 is 27.5 Å². The van der Waals surface area contributed by atoms with Gasteiger partial charge in [0.25, 0.3) is 5.91 Å². The van der Waals surface area contributed by atoms with Crippen LogP contribution >= 0.6 is 0 Å². The van der Waals surface area contributed by atoms with E-state index in [1.54, 1.807) is 12.1 Å². The van der Waals surface area contributed by atoms with E-state index in [0.29, 0.717) is 43.6 Å². The Kier molecular flexibility index (Phi) is 6.28. The quantitative estimate of drug-likeness (QED) is 0.714. The zero-order chi connectivity index (χ0) is 22.2. The van der Waals surface area contributed by atoms with Gasteiger partial charge in [-0.05, 0) is 62.8 Å². The second-order valence-corrected chi connectivity index (χ2v) is 11.1. The first-order chi connectivity index (χ1) is 14.8. The number of rotatable bonds is 3. The second-order valence-electron chi connectivity index (χ2n) is 9.26. The number of carbonyl (C=O) groups is 2. The number of nitrogens with zero attached hydrogens (tertiary/aromatic N) is 3. The third-order valence-electron chi connectivity index (χ3n) is 6.89. The number of hydrogen-bond donors (Lipinski definition) is 0. The zero-order valence-electron chi connectivity index (χ0n) is 18.5. The summed E-state index contributed by atoms with van der Waals surface area (Å²) in [4.78, 5) is 29.8. The lowest BCUT2D eigenvalue weighted by Crippen LogP contribution is -2.44. The highest BCUT2D eigenvalue weighted by molar-refractivity contribution is 7.92. The molecule has 0 saturated carbocycles. The molecule has 0 radical (unpaired) electrons. The van der Waals surface area contributed by atoms with Crippen molar-refractivity contribution in [1.29, 1.82) is 0 Å². The molecular formula is C23H33N3O4S. The minimum absolute atomic E-state index is 0.0198. The van der Waals surface area contributed by atoms with E-state index in [9.17, 15) is 18.0 Å². The van der Waals surface area contributed by atoms with Crippen molar-refractivity contribution in [3.05, 3.63) is 29.3 Å². The number of likely N-dealkylation sites (tertiary alicyclic amines) is 2. The van der Waals surface area contributed by atoms with Crippen molar-refractivity contribution in [1.82, 2.24) is 9.80 Å². The number of hydrogen-bond acceptors (Lipinski definition) is 4. The molecule has 8 heteroatoms. The molecule has 0 aliphatic carbocycles. The first-order valence-corrected chi connectivity index (χ1v) is 13.3. The second kappa shape index (κ2) is 8.81. The van der Waals surface area contributed by atoms with Gasteiger partial charge in [-0.1, -0.05) is 12.8 Å². The van der Waals surface area contributed by atoms with E-state index in [2.05, 4.69) is 0 Å².